The molecule has 0 radical (unpaired) electrons. The lowest BCUT2D eigenvalue weighted by Crippen LogP contribution is -2.18. The second kappa shape index (κ2) is 4.89. The Balaban J connectivity index is 2.70. The summed E-state index contributed by atoms with van der Waals surface area (Å²) in [5, 5.41) is 0.230. The Morgan fingerprint density at radius 3 is 2.89 bits per heavy atom. The average molecular weight is 314 g/mol. The maximum atomic E-state index is 13.3. The van der Waals surface area contributed by atoms with Crippen molar-refractivity contribution in [3.05, 3.63) is 44.4 Å². The van der Waals surface area contributed by atoms with Gasteiger partial charge in [0.05, 0.1) is 16.6 Å². The van der Waals surface area contributed by atoms with Crippen LogP contribution in [0.5, 0.6) is 0 Å². The molecule has 1 N–H and O–H groups in total. The number of aromatic amines is 1. The van der Waals surface area contributed by atoms with Gasteiger partial charge >= 0.3 is 5.97 Å². The maximum Gasteiger partial charge on any atom is 0.343 e. The molecule has 1 aromatic heterocycles. The maximum absolute atomic E-state index is 13.3. The van der Waals surface area contributed by atoms with Crippen LogP contribution in [0.25, 0.3) is 10.9 Å². The van der Waals surface area contributed by atoms with Gasteiger partial charge < -0.3 is 9.72 Å². The van der Waals surface area contributed by atoms with E-state index in [0.717, 1.165) is 6.07 Å². The Bertz CT molecular complexity index is 681. The van der Waals surface area contributed by atoms with Gasteiger partial charge in [0.1, 0.15) is 11.4 Å². The monoisotopic (exact) mass is 313 g/mol. The molecule has 18 heavy (non-hydrogen) atoms. The van der Waals surface area contributed by atoms with Crippen LogP contribution in [0.4, 0.5) is 4.39 Å². The number of carbonyl (C=O) groups is 1. The number of hydrogen-bond acceptors (Lipinski definition) is 3. The van der Waals surface area contributed by atoms with Gasteiger partial charge in [0.2, 0.25) is 5.43 Å². The van der Waals surface area contributed by atoms with Crippen molar-refractivity contribution in [1.82, 2.24) is 4.98 Å². The van der Waals surface area contributed by atoms with E-state index in [1.165, 1.54) is 12.3 Å². The van der Waals surface area contributed by atoms with Gasteiger partial charge in [-0.1, -0.05) is 0 Å². The second-order valence-electron chi connectivity index (χ2n) is 3.54. The van der Waals surface area contributed by atoms with Gasteiger partial charge in [0.15, 0.2) is 0 Å². The minimum absolute atomic E-state index is 0.0946. The zero-order valence-electron chi connectivity index (χ0n) is 9.42. The number of pyridine rings is 1. The Morgan fingerprint density at radius 2 is 2.22 bits per heavy atom. The van der Waals surface area contributed by atoms with E-state index in [1.807, 2.05) is 0 Å². The molecule has 2 aromatic rings. The van der Waals surface area contributed by atoms with Crippen molar-refractivity contribution in [3.63, 3.8) is 0 Å². The predicted octanol–water partition coefficient (Wildman–Crippen LogP) is 2.61. The standard InChI is InChI=1S/C12H9BrFNO3/c1-2-18-12(17)7-5-15-10-6(11(7)16)3-4-8(14)9(10)13/h3-5H,2H2,1H3,(H,15,16). The molecule has 0 aliphatic rings. The van der Waals surface area contributed by atoms with Gasteiger partial charge in [-0.05, 0) is 35.0 Å². The summed E-state index contributed by atoms with van der Waals surface area (Å²) in [7, 11) is 0. The van der Waals surface area contributed by atoms with E-state index in [4.69, 9.17) is 4.74 Å². The largest absolute Gasteiger partial charge is 0.462 e. The highest BCUT2D eigenvalue weighted by molar-refractivity contribution is 9.10. The van der Waals surface area contributed by atoms with Crippen molar-refractivity contribution in [2.45, 2.75) is 6.92 Å². The van der Waals surface area contributed by atoms with Crippen LogP contribution < -0.4 is 5.43 Å². The van der Waals surface area contributed by atoms with Crippen LogP contribution in [0, 0.1) is 5.82 Å². The average Bonchev–Trinajstić information content (AvgIpc) is 2.34. The quantitative estimate of drug-likeness (QED) is 0.867. The number of ether oxygens (including phenoxy) is 1. The fraction of sp³-hybridized carbons (Fsp3) is 0.167. The molecule has 0 bridgehead atoms. The molecule has 0 spiro atoms. The summed E-state index contributed by atoms with van der Waals surface area (Å²) in [6.45, 7) is 1.84. The second-order valence-corrected chi connectivity index (χ2v) is 4.33. The molecule has 94 valence electrons. The van der Waals surface area contributed by atoms with E-state index >= 15 is 0 Å². The summed E-state index contributed by atoms with van der Waals surface area (Å²) < 4.78 is 18.2. The molecule has 1 aromatic carbocycles. The third kappa shape index (κ3) is 2.03. The Morgan fingerprint density at radius 1 is 1.50 bits per heavy atom. The fourth-order valence-electron chi connectivity index (χ4n) is 1.60. The van der Waals surface area contributed by atoms with Crippen molar-refractivity contribution < 1.29 is 13.9 Å². The van der Waals surface area contributed by atoms with Crippen LogP contribution in [0.2, 0.25) is 0 Å². The van der Waals surface area contributed by atoms with E-state index in [2.05, 4.69) is 20.9 Å². The minimum Gasteiger partial charge on any atom is -0.462 e. The molecule has 0 aliphatic heterocycles. The summed E-state index contributed by atoms with van der Waals surface area (Å²) in [6.07, 6.45) is 1.23. The summed E-state index contributed by atoms with van der Waals surface area (Å²) in [4.78, 5) is 26.3. The van der Waals surface area contributed by atoms with E-state index in [0.29, 0.717) is 5.52 Å². The molecule has 2 rings (SSSR count). The normalized spacial score (nSPS) is 10.6. The number of H-pyrrole nitrogens is 1. The minimum atomic E-state index is -0.693. The SMILES string of the molecule is CCOC(=O)c1c[nH]c2c(Br)c(F)ccc2c1=O. The highest BCUT2D eigenvalue weighted by Gasteiger charge is 2.15. The summed E-state index contributed by atoms with van der Waals surface area (Å²) in [5.41, 5.74) is -0.265. The first-order chi connectivity index (χ1) is 8.56. The van der Waals surface area contributed by atoms with Crippen LogP contribution in [-0.2, 0) is 4.74 Å². The van der Waals surface area contributed by atoms with Gasteiger partial charge in [-0.3, -0.25) is 4.79 Å². The Hall–Kier alpha value is -1.69. The molecule has 1 heterocycles. The molecule has 0 saturated heterocycles. The Labute approximate surface area is 110 Å². The summed E-state index contributed by atoms with van der Waals surface area (Å²) in [5.74, 6) is -1.18. The number of fused-ring (bicyclic) bond motifs is 1. The molecule has 4 nitrogen and oxygen atoms in total. The van der Waals surface area contributed by atoms with Gasteiger partial charge in [-0.15, -0.1) is 0 Å². The van der Waals surface area contributed by atoms with Crippen molar-refractivity contribution in [3.8, 4) is 0 Å². The number of nitrogens with one attached hydrogen (secondary N) is 1. The third-order valence-corrected chi connectivity index (χ3v) is 3.22. The van der Waals surface area contributed by atoms with Crippen molar-refractivity contribution in [1.29, 1.82) is 0 Å². The first-order valence-corrected chi connectivity index (χ1v) is 6.02. The first-order valence-electron chi connectivity index (χ1n) is 5.22. The van der Waals surface area contributed by atoms with Gasteiger partial charge in [0, 0.05) is 11.6 Å². The molecule has 0 aliphatic carbocycles. The van der Waals surface area contributed by atoms with Crippen molar-refractivity contribution >= 4 is 32.8 Å². The molecule has 0 fully saturated rings. The number of benzene rings is 1. The topological polar surface area (TPSA) is 59.2 Å². The summed E-state index contributed by atoms with van der Waals surface area (Å²) >= 11 is 3.05. The Kier molecular flexibility index (Phi) is 3.47. The highest BCUT2D eigenvalue weighted by Crippen LogP contribution is 2.23. The number of rotatable bonds is 2. The van der Waals surface area contributed by atoms with Crippen LogP contribution in [-0.4, -0.2) is 17.6 Å². The fourth-order valence-corrected chi connectivity index (χ4v) is 2.06. The lowest BCUT2D eigenvalue weighted by Gasteiger charge is -2.05. The number of halogens is 2. The van der Waals surface area contributed by atoms with Crippen LogP contribution >= 0.6 is 15.9 Å². The third-order valence-electron chi connectivity index (χ3n) is 2.44. The van der Waals surface area contributed by atoms with Crippen LogP contribution in [0.15, 0.2) is 27.6 Å². The molecule has 0 atom stereocenters. The van der Waals surface area contributed by atoms with Gasteiger partial charge in [-0.2, -0.15) is 0 Å². The molecular weight excluding hydrogens is 305 g/mol. The smallest absolute Gasteiger partial charge is 0.343 e. The number of aromatic nitrogens is 1. The zero-order chi connectivity index (χ0) is 13.3. The van der Waals surface area contributed by atoms with Crippen LogP contribution in [0.1, 0.15) is 17.3 Å². The van der Waals surface area contributed by atoms with E-state index in [-0.39, 0.29) is 22.0 Å². The van der Waals surface area contributed by atoms with E-state index in [9.17, 15) is 14.0 Å². The lowest BCUT2D eigenvalue weighted by atomic mass is 10.1. The molecule has 6 heteroatoms. The van der Waals surface area contributed by atoms with Crippen molar-refractivity contribution in [2.75, 3.05) is 6.61 Å². The van der Waals surface area contributed by atoms with Gasteiger partial charge in [0.25, 0.3) is 0 Å². The van der Waals surface area contributed by atoms with Gasteiger partial charge in [-0.25, -0.2) is 9.18 Å². The molecule has 0 unspecified atom stereocenters. The lowest BCUT2D eigenvalue weighted by molar-refractivity contribution is 0.0524. The predicted molar refractivity (Wildman–Crippen MR) is 68.2 cm³/mol. The molecule has 0 saturated carbocycles. The summed E-state index contributed by atoms with van der Waals surface area (Å²) in [6, 6.07) is 2.49. The molecular formula is C12H9BrFNO3. The first kappa shape index (κ1) is 12.8. The number of esters is 1. The number of carbonyl (C=O) groups excluding carboxylic acids is 1. The van der Waals surface area contributed by atoms with E-state index in [1.54, 1.807) is 6.92 Å². The van der Waals surface area contributed by atoms with Crippen LogP contribution in [0.3, 0.4) is 0 Å². The number of hydrogen-bond donors (Lipinski definition) is 1. The zero-order valence-corrected chi connectivity index (χ0v) is 11.0. The molecule has 0 amide bonds. The van der Waals surface area contributed by atoms with Crippen molar-refractivity contribution in [2.24, 2.45) is 0 Å². The highest BCUT2D eigenvalue weighted by atomic mass is 79.9. The van der Waals surface area contributed by atoms with E-state index < -0.39 is 17.2 Å².